The van der Waals surface area contributed by atoms with Gasteiger partial charge in [0.15, 0.2) is 11.5 Å². The van der Waals surface area contributed by atoms with Crippen molar-refractivity contribution in [2.24, 2.45) is 0 Å². The third kappa shape index (κ3) is 5.61. The fourth-order valence-electron chi connectivity index (χ4n) is 3.30. The minimum Gasteiger partial charge on any atom is -0.493 e. The molecule has 34 heavy (non-hydrogen) atoms. The number of methoxy groups -OCH3 is 1. The van der Waals surface area contributed by atoms with Crippen LogP contribution in [0.2, 0.25) is 10.0 Å². The minimum atomic E-state index is -0.388. The van der Waals surface area contributed by atoms with Crippen LogP contribution in [0.25, 0.3) is 6.08 Å². The summed E-state index contributed by atoms with van der Waals surface area (Å²) in [4.78, 5) is 27.0. The SMILES string of the molecule is COc1cc(/C=C2/SC(=O)N(Cc3ccc(Cl)cc3Cl)C2=O)cc(Br)c1OCc1ccccc1. The van der Waals surface area contributed by atoms with Gasteiger partial charge in [0.1, 0.15) is 6.61 Å². The Kier molecular flexibility index (Phi) is 7.88. The Morgan fingerprint density at radius 1 is 1.06 bits per heavy atom. The van der Waals surface area contributed by atoms with E-state index in [9.17, 15) is 9.59 Å². The summed E-state index contributed by atoms with van der Waals surface area (Å²) in [5.74, 6) is 0.665. The second-order valence-corrected chi connectivity index (χ2v) is 10.0. The number of hydrogen-bond acceptors (Lipinski definition) is 5. The molecular weight excluding hydrogens is 561 g/mol. The summed E-state index contributed by atoms with van der Waals surface area (Å²) in [6, 6.07) is 18.3. The second kappa shape index (κ2) is 10.9. The number of ether oxygens (including phenoxy) is 2. The average Bonchev–Trinajstić information content (AvgIpc) is 3.07. The van der Waals surface area contributed by atoms with E-state index >= 15 is 0 Å². The smallest absolute Gasteiger partial charge is 0.293 e. The second-order valence-electron chi connectivity index (χ2n) is 7.31. The standard InChI is InChI=1S/C25H18BrCl2NO4S/c1-32-21-10-16(9-19(26)23(21)33-14-15-5-3-2-4-6-15)11-22-24(30)29(25(31)34-22)13-17-7-8-18(27)12-20(17)28/h2-12H,13-14H2,1H3/b22-11+. The zero-order valence-electron chi connectivity index (χ0n) is 17.9. The maximum absolute atomic E-state index is 12.9. The van der Waals surface area contributed by atoms with Crippen LogP contribution in [0.15, 0.2) is 70.0 Å². The first-order chi connectivity index (χ1) is 16.4. The van der Waals surface area contributed by atoms with E-state index < -0.39 is 0 Å². The number of carbonyl (C=O) groups excluding carboxylic acids is 2. The van der Waals surface area contributed by atoms with E-state index in [4.69, 9.17) is 32.7 Å². The summed E-state index contributed by atoms with van der Waals surface area (Å²) in [5, 5.41) is 0.518. The molecule has 0 N–H and O–H groups in total. The highest BCUT2D eigenvalue weighted by atomic mass is 79.9. The van der Waals surface area contributed by atoms with Gasteiger partial charge in [0.2, 0.25) is 0 Å². The molecule has 1 saturated heterocycles. The molecule has 1 aliphatic heterocycles. The molecule has 4 rings (SSSR count). The Labute approximate surface area is 219 Å². The molecule has 174 valence electrons. The fourth-order valence-corrected chi connectivity index (χ4v) is 5.18. The van der Waals surface area contributed by atoms with Crippen molar-refractivity contribution in [1.29, 1.82) is 0 Å². The Morgan fingerprint density at radius 3 is 2.53 bits per heavy atom. The Hall–Kier alpha value is -2.45. The number of nitrogens with zero attached hydrogens (tertiary/aromatic N) is 1. The quantitative estimate of drug-likeness (QED) is 0.270. The van der Waals surface area contributed by atoms with E-state index in [1.165, 1.54) is 0 Å². The van der Waals surface area contributed by atoms with Crippen molar-refractivity contribution in [2.45, 2.75) is 13.2 Å². The summed E-state index contributed by atoms with van der Waals surface area (Å²) in [5.41, 5.74) is 2.35. The number of imide groups is 1. The third-order valence-electron chi connectivity index (χ3n) is 4.99. The first-order valence-electron chi connectivity index (χ1n) is 10.1. The van der Waals surface area contributed by atoms with E-state index in [1.807, 2.05) is 36.4 Å². The molecule has 3 aromatic carbocycles. The van der Waals surface area contributed by atoms with Gasteiger partial charge in [0.25, 0.3) is 11.1 Å². The van der Waals surface area contributed by atoms with Gasteiger partial charge >= 0.3 is 0 Å². The molecule has 1 heterocycles. The van der Waals surface area contributed by atoms with Crippen molar-refractivity contribution in [3.8, 4) is 11.5 Å². The van der Waals surface area contributed by atoms with E-state index in [0.717, 1.165) is 22.2 Å². The van der Waals surface area contributed by atoms with Crippen molar-refractivity contribution in [1.82, 2.24) is 4.90 Å². The maximum Gasteiger partial charge on any atom is 0.293 e. The van der Waals surface area contributed by atoms with Crippen molar-refractivity contribution in [3.63, 3.8) is 0 Å². The molecule has 0 aromatic heterocycles. The summed E-state index contributed by atoms with van der Waals surface area (Å²) >= 11 is 16.6. The minimum absolute atomic E-state index is 0.0668. The van der Waals surface area contributed by atoms with Gasteiger partial charge in [-0.05, 0) is 74.7 Å². The topological polar surface area (TPSA) is 55.8 Å². The molecular formula is C25H18BrCl2NO4S. The lowest BCUT2D eigenvalue weighted by atomic mass is 10.1. The van der Waals surface area contributed by atoms with Crippen molar-refractivity contribution >= 4 is 68.1 Å². The van der Waals surface area contributed by atoms with Gasteiger partial charge < -0.3 is 9.47 Å². The molecule has 0 bridgehead atoms. The molecule has 0 spiro atoms. The van der Waals surface area contributed by atoms with Crippen LogP contribution < -0.4 is 9.47 Å². The summed E-state index contributed by atoms with van der Waals surface area (Å²) < 4.78 is 12.1. The summed E-state index contributed by atoms with van der Waals surface area (Å²) in [7, 11) is 1.55. The predicted octanol–water partition coefficient (Wildman–Crippen LogP) is 7.58. The Morgan fingerprint density at radius 2 is 1.82 bits per heavy atom. The molecule has 0 aliphatic carbocycles. The van der Waals surface area contributed by atoms with Crippen LogP contribution in [0.1, 0.15) is 16.7 Å². The molecule has 3 aromatic rings. The van der Waals surface area contributed by atoms with Crippen molar-refractivity contribution in [3.05, 3.63) is 96.8 Å². The van der Waals surface area contributed by atoms with E-state index in [2.05, 4.69) is 15.9 Å². The zero-order chi connectivity index (χ0) is 24.2. The highest BCUT2D eigenvalue weighted by Gasteiger charge is 2.35. The molecule has 1 aliphatic rings. The molecule has 0 saturated carbocycles. The van der Waals surface area contributed by atoms with Crippen LogP contribution in [0, 0.1) is 0 Å². The Balaban J connectivity index is 1.54. The van der Waals surface area contributed by atoms with Crippen molar-refractivity contribution in [2.75, 3.05) is 7.11 Å². The van der Waals surface area contributed by atoms with Crippen LogP contribution in [0.3, 0.4) is 0 Å². The number of carbonyl (C=O) groups is 2. The zero-order valence-corrected chi connectivity index (χ0v) is 21.8. The largest absolute Gasteiger partial charge is 0.493 e. The lowest BCUT2D eigenvalue weighted by Crippen LogP contribution is -2.27. The first-order valence-corrected chi connectivity index (χ1v) is 12.5. The Bertz CT molecular complexity index is 1280. The fraction of sp³-hybridized carbons (Fsp3) is 0.120. The summed E-state index contributed by atoms with van der Waals surface area (Å²) in [6.07, 6.45) is 1.66. The first kappa shape index (κ1) is 24.7. The average molecular weight is 579 g/mol. The van der Waals surface area contributed by atoms with Crippen LogP contribution in [0.5, 0.6) is 11.5 Å². The van der Waals surface area contributed by atoms with E-state index in [1.54, 1.807) is 37.5 Å². The molecule has 0 unspecified atom stereocenters. The van der Waals surface area contributed by atoms with Crippen LogP contribution in [-0.4, -0.2) is 23.2 Å². The lowest BCUT2D eigenvalue weighted by molar-refractivity contribution is -0.123. The van der Waals surface area contributed by atoms with Gasteiger partial charge in [-0.25, -0.2) is 0 Å². The van der Waals surface area contributed by atoms with Gasteiger partial charge in [-0.15, -0.1) is 0 Å². The molecule has 1 fully saturated rings. The summed E-state index contributed by atoms with van der Waals surface area (Å²) in [6.45, 7) is 0.443. The molecule has 2 amide bonds. The van der Waals surface area contributed by atoms with Crippen molar-refractivity contribution < 1.29 is 19.1 Å². The molecule has 5 nitrogen and oxygen atoms in total. The lowest BCUT2D eigenvalue weighted by Gasteiger charge is -2.14. The van der Waals surface area contributed by atoms with E-state index in [0.29, 0.717) is 48.7 Å². The van der Waals surface area contributed by atoms with Crippen LogP contribution in [0.4, 0.5) is 4.79 Å². The van der Waals surface area contributed by atoms with Gasteiger partial charge in [0.05, 0.1) is 23.0 Å². The molecule has 0 radical (unpaired) electrons. The monoisotopic (exact) mass is 577 g/mol. The number of rotatable bonds is 7. The van der Waals surface area contributed by atoms with Gasteiger partial charge in [-0.3, -0.25) is 14.5 Å². The number of thioether (sulfide) groups is 1. The van der Waals surface area contributed by atoms with Gasteiger partial charge in [-0.2, -0.15) is 0 Å². The number of benzene rings is 3. The molecule has 0 atom stereocenters. The highest BCUT2D eigenvalue weighted by Crippen LogP contribution is 2.40. The predicted molar refractivity (Wildman–Crippen MR) is 139 cm³/mol. The molecule has 9 heteroatoms. The maximum atomic E-state index is 12.9. The van der Waals surface area contributed by atoms with E-state index in [-0.39, 0.29) is 17.7 Å². The highest BCUT2D eigenvalue weighted by molar-refractivity contribution is 9.10. The van der Waals surface area contributed by atoms with Crippen LogP contribution >= 0.6 is 50.9 Å². The number of halogens is 3. The number of hydrogen-bond donors (Lipinski definition) is 0. The van der Waals surface area contributed by atoms with Gasteiger partial charge in [0, 0.05) is 10.0 Å². The third-order valence-corrected chi connectivity index (χ3v) is 7.08. The number of amides is 2. The van der Waals surface area contributed by atoms with Gasteiger partial charge in [-0.1, -0.05) is 59.6 Å². The normalized spacial score (nSPS) is 14.7. The van der Waals surface area contributed by atoms with Crippen LogP contribution in [-0.2, 0) is 17.9 Å².